The monoisotopic (exact) mass is 400 g/mol. The topological polar surface area (TPSA) is 8.81 Å². The van der Waals surface area contributed by atoms with Crippen LogP contribution in [0.25, 0.3) is 0 Å². The van der Waals surface area contributed by atoms with E-state index in [1.807, 2.05) is 0 Å². The van der Waals surface area contributed by atoms with Gasteiger partial charge in [0.25, 0.3) is 0 Å². The van der Waals surface area contributed by atoms with Crippen molar-refractivity contribution in [3.05, 3.63) is 18.7 Å². The highest BCUT2D eigenvalue weighted by Gasteiger charge is 2.01. The molecule has 0 aliphatic heterocycles. The van der Waals surface area contributed by atoms with Crippen LogP contribution >= 0.6 is 0 Å². The molecule has 0 saturated heterocycles. The lowest BCUT2D eigenvalue weighted by atomic mass is 10.0. The van der Waals surface area contributed by atoms with Crippen molar-refractivity contribution in [2.75, 3.05) is 0 Å². The highest BCUT2D eigenvalue weighted by Crippen LogP contribution is 2.12. The molecular weight excluding hydrogens is 360 g/mol. The molecule has 0 N–H and O–H groups in total. The van der Waals surface area contributed by atoms with Crippen LogP contribution in [0.5, 0.6) is 0 Å². The van der Waals surface area contributed by atoms with Crippen LogP contribution in [0, 0.1) is 0 Å². The summed E-state index contributed by atoms with van der Waals surface area (Å²) in [6.45, 7) is 6.75. The summed E-state index contributed by atoms with van der Waals surface area (Å²) in [6.07, 6.45) is 26.7. The molecule has 1 aromatic heterocycles. The van der Waals surface area contributed by atoms with Gasteiger partial charge in [0.05, 0.1) is 13.1 Å². The Bertz CT molecular complexity index is 362. The normalized spacial score (nSPS) is 10.8. The van der Waals surface area contributed by atoms with Gasteiger partial charge in [-0.15, -0.1) is 0 Å². The SMILES string of the molecule is CCCCCCCCCCCCCCCC[n+]1ccn(CC)c1.[Br-]. The summed E-state index contributed by atoms with van der Waals surface area (Å²) >= 11 is 0. The average Bonchev–Trinajstić information content (AvgIpc) is 3.03. The molecule has 142 valence electrons. The summed E-state index contributed by atoms with van der Waals surface area (Å²) in [5.41, 5.74) is 0. The van der Waals surface area contributed by atoms with Crippen molar-refractivity contribution in [2.45, 2.75) is 117 Å². The Morgan fingerprint density at radius 1 is 0.667 bits per heavy atom. The third-order valence-electron chi connectivity index (χ3n) is 4.88. The molecule has 1 heterocycles. The molecule has 0 aliphatic rings. The predicted octanol–water partition coefficient (Wildman–Crippen LogP) is 3.28. The van der Waals surface area contributed by atoms with Crippen LogP contribution in [0.4, 0.5) is 0 Å². The van der Waals surface area contributed by atoms with E-state index in [1.165, 1.54) is 96.4 Å². The Hall–Kier alpha value is -0.310. The van der Waals surface area contributed by atoms with Crippen LogP contribution in [0.2, 0.25) is 0 Å². The highest BCUT2D eigenvalue weighted by molar-refractivity contribution is 4.64. The van der Waals surface area contributed by atoms with E-state index < -0.39 is 0 Å². The quantitative estimate of drug-likeness (QED) is 0.297. The number of aromatic nitrogens is 2. The van der Waals surface area contributed by atoms with Crippen molar-refractivity contribution >= 4 is 0 Å². The molecule has 0 unspecified atom stereocenters. The van der Waals surface area contributed by atoms with Gasteiger partial charge in [0.2, 0.25) is 6.33 Å². The number of unbranched alkanes of at least 4 members (excludes halogenated alkanes) is 13. The van der Waals surface area contributed by atoms with E-state index in [2.05, 4.69) is 41.7 Å². The van der Waals surface area contributed by atoms with Gasteiger partial charge >= 0.3 is 0 Å². The molecule has 0 spiro atoms. The van der Waals surface area contributed by atoms with Crippen LogP contribution in [0.3, 0.4) is 0 Å². The van der Waals surface area contributed by atoms with Gasteiger partial charge in [-0.05, 0) is 19.8 Å². The molecular formula is C21H41BrN2. The highest BCUT2D eigenvalue weighted by atomic mass is 79.9. The van der Waals surface area contributed by atoms with Gasteiger partial charge in [0, 0.05) is 0 Å². The molecule has 0 atom stereocenters. The minimum Gasteiger partial charge on any atom is -1.00 e. The van der Waals surface area contributed by atoms with E-state index in [9.17, 15) is 0 Å². The number of rotatable bonds is 16. The molecule has 0 amide bonds. The van der Waals surface area contributed by atoms with Gasteiger partial charge in [-0.2, -0.15) is 0 Å². The fourth-order valence-electron chi connectivity index (χ4n) is 3.25. The third kappa shape index (κ3) is 13.0. The van der Waals surface area contributed by atoms with E-state index in [4.69, 9.17) is 0 Å². The second-order valence-electron chi connectivity index (χ2n) is 7.08. The molecule has 0 radical (unpaired) electrons. The lowest BCUT2D eigenvalue weighted by Crippen LogP contribution is -3.00. The number of hydrogen-bond donors (Lipinski definition) is 0. The molecule has 0 bridgehead atoms. The van der Waals surface area contributed by atoms with Crippen LogP contribution < -0.4 is 21.5 Å². The zero-order valence-electron chi connectivity index (χ0n) is 16.3. The molecule has 3 heteroatoms. The molecule has 0 saturated carbocycles. The first-order valence-corrected chi connectivity index (χ1v) is 10.4. The molecule has 0 fully saturated rings. The summed E-state index contributed by atoms with van der Waals surface area (Å²) < 4.78 is 4.56. The van der Waals surface area contributed by atoms with Crippen LogP contribution in [-0.4, -0.2) is 4.57 Å². The minimum atomic E-state index is 0. The second-order valence-corrected chi connectivity index (χ2v) is 7.08. The van der Waals surface area contributed by atoms with Crippen LogP contribution in [0.1, 0.15) is 104 Å². The van der Waals surface area contributed by atoms with E-state index in [0.29, 0.717) is 0 Å². The number of halogens is 1. The smallest absolute Gasteiger partial charge is 0.243 e. The Morgan fingerprint density at radius 3 is 1.54 bits per heavy atom. The Morgan fingerprint density at radius 2 is 1.12 bits per heavy atom. The lowest BCUT2D eigenvalue weighted by molar-refractivity contribution is -0.696. The Labute approximate surface area is 161 Å². The van der Waals surface area contributed by atoms with Crippen molar-refractivity contribution in [2.24, 2.45) is 0 Å². The van der Waals surface area contributed by atoms with E-state index >= 15 is 0 Å². The summed E-state index contributed by atoms with van der Waals surface area (Å²) in [5, 5.41) is 0. The minimum absolute atomic E-state index is 0. The number of hydrogen-bond acceptors (Lipinski definition) is 0. The Balaban J connectivity index is 0.00000529. The van der Waals surface area contributed by atoms with Crippen molar-refractivity contribution in [1.29, 1.82) is 0 Å². The number of nitrogens with zero attached hydrogens (tertiary/aromatic N) is 2. The van der Waals surface area contributed by atoms with Gasteiger partial charge in [-0.25, -0.2) is 9.13 Å². The van der Waals surface area contributed by atoms with Gasteiger partial charge in [0.1, 0.15) is 12.4 Å². The standard InChI is InChI=1S/C21H41N2.BrH/c1-3-5-6-7-8-9-10-11-12-13-14-15-16-17-18-23-20-19-22(4-2)21-23;/h19-21H,3-18H2,1-2H3;1H/q+1;/p-1. The Kier molecular flexibility index (Phi) is 17.3. The molecule has 2 nitrogen and oxygen atoms in total. The van der Waals surface area contributed by atoms with Gasteiger partial charge in [-0.1, -0.05) is 84.0 Å². The van der Waals surface area contributed by atoms with Crippen LogP contribution in [0.15, 0.2) is 18.7 Å². The first-order valence-electron chi connectivity index (χ1n) is 10.4. The maximum absolute atomic E-state index is 2.32. The lowest BCUT2D eigenvalue weighted by Gasteiger charge is -2.03. The number of imidazole rings is 1. The predicted molar refractivity (Wildman–Crippen MR) is 101 cm³/mol. The van der Waals surface area contributed by atoms with Crippen molar-refractivity contribution in [3.8, 4) is 0 Å². The van der Waals surface area contributed by atoms with E-state index in [1.54, 1.807) is 0 Å². The van der Waals surface area contributed by atoms with Crippen molar-refractivity contribution in [3.63, 3.8) is 0 Å². The van der Waals surface area contributed by atoms with Gasteiger partial charge in [0.15, 0.2) is 0 Å². The summed E-state index contributed by atoms with van der Waals surface area (Å²) in [7, 11) is 0. The number of aryl methyl sites for hydroxylation is 2. The summed E-state index contributed by atoms with van der Waals surface area (Å²) in [4.78, 5) is 0. The zero-order valence-corrected chi connectivity index (χ0v) is 17.9. The average molecular weight is 401 g/mol. The van der Waals surface area contributed by atoms with Gasteiger partial charge < -0.3 is 17.0 Å². The zero-order chi connectivity index (χ0) is 16.6. The summed E-state index contributed by atoms with van der Waals surface area (Å²) in [5.74, 6) is 0. The van der Waals surface area contributed by atoms with E-state index in [-0.39, 0.29) is 17.0 Å². The first kappa shape index (κ1) is 23.7. The molecule has 0 aliphatic carbocycles. The molecule has 1 aromatic rings. The maximum atomic E-state index is 2.32. The summed E-state index contributed by atoms with van der Waals surface area (Å²) in [6, 6.07) is 0. The van der Waals surface area contributed by atoms with Crippen molar-refractivity contribution in [1.82, 2.24) is 4.57 Å². The maximum Gasteiger partial charge on any atom is 0.243 e. The largest absolute Gasteiger partial charge is 1.00 e. The van der Waals surface area contributed by atoms with Gasteiger partial charge in [-0.3, -0.25) is 0 Å². The molecule has 0 aromatic carbocycles. The second kappa shape index (κ2) is 17.5. The third-order valence-corrected chi connectivity index (χ3v) is 4.88. The first-order chi connectivity index (χ1) is 11.4. The van der Waals surface area contributed by atoms with E-state index in [0.717, 1.165) is 6.54 Å². The van der Waals surface area contributed by atoms with Crippen LogP contribution in [-0.2, 0) is 13.1 Å². The molecule has 24 heavy (non-hydrogen) atoms. The molecule has 1 rings (SSSR count). The fraction of sp³-hybridized carbons (Fsp3) is 0.857. The van der Waals surface area contributed by atoms with Crippen molar-refractivity contribution < 1.29 is 21.5 Å². The fourth-order valence-corrected chi connectivity index (χ4v) is 3.25.